The van der Waals surface area contributed by atoms with E-state index in [1.165, 1.54) is 0 Å². The van der Waals surface area contributed by atoms with Gasteiger partial charge in [0.2, 0.25) is 0 Å². The van der Waals surface area contributed by atoms with Gasteiger partial charge < -0.3 is 11.5 Å². The Bertz CT molecular complexity index is 564. The second kappa shape index (κ2) is 8.96. The predicted molar refractivity (Wildman–Crippen MR) is 85.4 cm³/mol. The molecule has 6 N–H and O–H groups in total. The summed E-state index contributed by atoms with van der Waals surface area (Å²) in [7, 11) is -4.67. The van der Waals surface area contributed by atoms with Gasteiger partial charge in [0, 0.05) is 11.4 Å². The van der Waals surface area contributed by atoms with Gasteiger partial charge in [-0.3, -0.25) is 9.11 Å². The molecular formula is C14H20N2O4S. The van der Waals surface area contributed by atoms with Crippen molar-refractivity contribution in [2.75, 3.05) is 11.5 Å². The molecule has 0 aliphatic heterocycles. The standard InChI is InChI=1S/2C7H9N.H2O4S/c2*1-6-4-2-3-5-7(6)8;1-5(2,3)4/h2*2-5H,8H2,1H3;(H2,1,2,3,4). The molecule has 0 saturated carbocycles. The zero-order valence-electron chi connectivity index (χ0n) is 11.9. The summed E-state index contributed by atoms with van der Waals surface area (Å²) in [5, 5.41) is 0. The summed E-state index contributed by atoms with van der Waals surface area (Å²) >= 11 is 0. The third-order valence-electron chi connectivity index (χ3n) is 2.38. The molecule has 0 spiro atoms. The molecule has 2 aromatic rings. The van der Waals surface area contributed by atoms with Crippen molar-refractivity contribution in [2.24, 2.45) is 0 Å². The van der Waals surface area contributed by atoms with Crippen LogP contribution in [0.3, 0.4) is 0 Å². The van der Waals surface area contributed by atoms with E-state index in [9.17, 15) is 0 Å². The third-order valence-corrected chi connectivity index (χ3v) is 2.38. The Labute approximate surface area is 125 Å². The molecule has 0 radical (unpaired) electrons. The molecule has 0 fully saturated rings. The van der Waals surface area contributed by atoms with Crippen molar-refractivity contribution < 1.29 is 17.5 Å². The molecule has 116 valence electrons. The van der Waals surface area contributed by atoms with Gasteiger partial charge in [-0.2, -0.15) is 8.42 Å². The van der Waals surface area contributed by atoms with E-state index in [0.717, 1.165) is 22.5 Å². The van der Waals surface area contributed by atoms with Crippen molar-refractivity contribution in [3.63, 3.8) is 0 Å². The van der Waals surface area contributed by atoms with Gasteiger partial charge in [-0.25, -0.2) is 0 Å². The fourth-order valence-corrected chi connectivity index (χ4v) is 1.17. The lowest BCUT2D eigenvalue weighted by Gasteiger charge is -1.93. The molecule has 21 heavy (non-hydrogen) atoms. The zero-order valence-corrected chi connectivity index (χ0v) is 12.7. The summed E-state index contributed by atoms with van der Waals surface area (Å²) in [4.78, 5) is 0. The largest absolute Gasteiger partial charge is 0.399 e. The number of nitrogen functional groups attached to an aromatic ring is 2. The number of nitrogens with two attached hydrogens (primary N) is 2. The van der Waals surface area contributed by atoms with Gasteiger partial charge in [-0.05, 0) is 37.1 Å². The molecule has 0 atom stereocenters. The minimum absolute atomic E-state index is 0.868. The number of aryl methyl sites for hydroxylation is 2. The molecule has 0 saturated heterocycles. The SMILES string of the molecule is Cc1ccccc1N.Cc1ccccc1N.O=S(=O)(O)O. The maximum Gasteiger partial charge on any atom is 0.394 e. The van der Waals surface area contributed by atoms with Crippen LogP contribution in [0.2, 0.25) is 0 Å². The fraction of sp³-hybridized carbons (Fsp3) is 0.143. The Morgan fingerprint density at radius 2 is 1.00 bits per heavy atom. The Morgan fingerprint density at radius 3 is 1.14 bits per heavy atom. The second-order valence-electron chi connectivity index (χ2n) is 4.16. The van der Waals surface area contributed by atoms with Crippen molar-refractivity contribution in [3.05, 3.63) is 59.7 Å². The van der Waals surface area contributed by atoms with Crippen LogP contribution in [-0.4, -0.2) is 17.5 Å². The highest BCUT2D eigenvalue weighted by atomic mass is 32.3. The van der Waals surface area contributed by atoms with Crippen molar-refractivity contribution in [1.29, 1.82) is 0 Å². The van der Waals surface area contributed by atoms with Crippen LogP contribution in [0.5, 0.6) is 0 Å². The molecule has 2 rings (SSSR count). The first kappa shape index (κ1) is 18.9. The number of benzene rings is 2. The van der Waals surface area contributed by atoms with Crippen LogP contribution in [0.25, 0.3) is 0 Å². The first-order chi connectivity index (χ1) is 9.61. The van der Waals surface area contributed by atoms with Crippen LogP contribution in [0.15, 0.2) is 48.5 Å². The van der Waals surface area contributed by atoms with Gasteiger partial charge in [0.05, 0.1) is 0 Å². The van der Waals surface area contributed by atoms with Crippen LogP contribution < -0.4 is 11.5 Å². The molecule has 0 unspecified atom stereocenters. The molecule has 6 nitrogen and oxygen atoms in total. The second-order valence-corrected chi connectivity index (χ2v) is 5.06. The number of hydrogen-bond donors (Lipinski definition) is 4. The zero-order chi connectivity index (χ0) is 16.5. The Balaban J connectivity index is 0.000000296. The van der Waals surface area contributed by atoms with Crippen LogP contribution >= 0.6 is 0 Å². The minimum Gasteiger partial charge on any atom is -0.399 e. The highest BCUT2D eigenvalue weighted by Crippen LogP contribution is 2.07. The van der Waals surface area contributed by atoms with Crippen molar-refractivity contribution in [2.45, 2.75) is 13.8 Å². The van der Waals surface area contributed by atoms with Gasteiger partial charge in [-0.15, -0.1) is 0 Å². The van der Waals surface area contributed by atoms with Crippen molar-refractivity contribution in [1.82, 2.24) is 0 Å². The monoisotopic (exact) mass is 312 g/mol. The first-order valence-electron chi connectivity index (χ1n) is 5.93. The maximum absolute atomic E-state index is 8.74. The van der Waals surface area contributed by atoms with E-state index >= 15 is 0 Å². The topological polar surface area (TPSA) is 127 Å². The first-order valence-corrected chi connectivity index (χ1v) is 7.33. The summed E-state index contributed by atoms with van der Waals surface area (Å²) < 4.78 is 31.6. The summed E-state index contributed by atoms with van der Waals surface area (Å²) in [6, 6.07) is 15.6. The normalized spacial score (nSPS) is 9.71. The van der Waals surface area contributed by atoms with E-state index in [-0.39, 0.29) is 0 Å². The number of para-hydroxylation sites is 2. The highest BCUT2D eigenvalue weighted by molar-refractivity contribution is 7.79. The predicted octanol–water partition coefficient (Wildman–Crippen LogP) is 2.50. The van der Waals surface area contributed by atoms with Gasteiger partial charge >= 0.3 is 10.4 Å². The van der Waals surface area contributed by atoms with Crippen LogP contribution in [0.1, 0.15) is 11.1 Å². The van der Waals surface area contributed by atoms with Crippen LogP contribution in [0.4, 0.5) is 11.4 Å². The minimum atomic E-state index is -4.67. The van der Waals surface area contributed by atoms with Crippen LogP contribution in [-0.2, 0) is 10.4 Å². The van der Waals surface area contributed by atoms with Crippen LogP contribution in [0, 0.1) is 13.8 Å². The van der Waals surface area contributed by atoms with Gasteiger partial charge in [0.15, 0.2) is 0 Å². The van der Waals surface area contributed by atoms with Crippen molar-refractivity contribution in [3.8, 4) is 0 Å². The van der Waals surface area contributed by atoms with Gasteiger partial charge in [0.1, 0.15) is 0 Å². The van der Waals surface area contributed by atoms with E-state index in [1.54, 1.807) is 0 Å². The molecule has 0 bridgehead atoms. The van der Waals surface area contributed by atoms with Crippen molar-refractivity contribution >= 4 is 21.8 Å². The fourth-order valence-electron chi connectivity index (χ4n) is 1.17. The summed E-state index contributed by atoms with van der Waals surface area (Å²) in [6.07, 6.45) is 0. The van der Waals surface area contributed by atoms with Gasteiger partial charge in [0.25, 0.3) is 0 Å². The molecule has 0 heterocycles. The van der Waals surface area contributed by atoms with Gasteiger partial charge in [-0.1, -0.05) is 36.4 Å². The lowest BCUT2D eigenvalue weighted by Crippen LogP contribution is -1.89. The van der Waals surface area contributed by atoms with E-state index < -0.39 is 10.4 Å². The number of hydrogen-bond acceptors (Lipinski definition) is 4. The summed E-state index contributed by atoms with van der Waals surface area (Å²) in [5.74, 6) is 0. The Morgan fingerprint density at radius 1 is 0.762 bits per heavy atom. The maximum atomic E-state index is 8.74. The summed E-state index contributed by atoms with van der Waals surface area (Å²) in [5.41, 5.74) is 15.1. The lowest BCUT2D eigenvalue weighted by atomic mass is 10.2. The molecule has 0 aliphatic carbocycles. The molecule has 2 aromatic carbocycles. The highest BCUT2D eigenvalue weighted by Gasteiger charge is 1.85. The molecular weight excluding hydrogens is 292 g/mol. The van der Waals surface area contributed by atoms with E-state index in [0.29, 0.717) is 0 Å². The average molecular weight is 312 g/mol. The lowest BCUT2D eigenvalue weighted by molar-refractivity contribution is 0.381. The Kier molecular flexibility index (Phi) is 8.07. The third kappa shape index (κ3) is 11.4. The quantitative estimate of drug-likeness (QED) is 0.437. The Hall–Kier alpha value is -2.09. The van der Waals surface area contributed by atoms with E-state index in [4.69, 9.17) is 29.0 Å². The number of rotatable bonds is 0. The van der Waals surface area contributed by atoms with E-state index in [1.807, 2.05) is 62.4 Å². The molecule has 0 aromatic heterocycles. The number of anilines is 2. The summed E-state index contributed by atoms with van der Waals surface area (Å²) in [6.45, 7) is 3.99. The average Bonchev–Trinajstić information content (AvgIpc) is 2.35. The molecule has 0 amide bonds. The molecule has 0 aliphatic rings. The molecule has 7 heteroatoms. The van der Waals surface area contributed by atoms with E-state index in [2.05, 4.69) is 0 Å². The smallest absolute Gasteiger partial charge is 0.394 e.